The minimum absolute atomic E-state index is 0.144. The Balaban J connectivity index is 1.75. The Morgan fingerprint density at radius 1 is 1.07 bits per heavy atom. The Kier molecular flexibility index (Phi) is 6.25. The van der Waals surface area contributed by atoms with Gasteiger partial charge in [0.25, 0.3) is 11.8 Å². The van der Waals surface area contributed by atoms with Gasteiger partial charge in [0.15, 0.2) is 5.82 Å². The van der Waals surface area contributed by atoms with Crippen molar-refractivity contribution in [2.75, 3.05) is 18.1 Å². The molecule has 0 saturated heterocycles. The maximum absolute atomic E-state index is 12.6. The molecule has 0 atom stereocenters. The molecule has 10 heteroatoms. The summed E-state index contributed by atoms with van der Waals surface area (Å²) in [4.78, 5) is 39.2. The van der Waals surface area contributed by atoms with Crippen LogP contribution in [-0.2, 0) is 4.79 Å². The molecule has 148 valence electrons. The van der Waals surface area contributed by atoms with Crippen molar-refractivity contribution < 1.29 is 19.5 Å². The Morgan fingerprint density at radius 3 is 2.52 bits per heavy atom. The second-order valence-corrected chi connectivity index (χ2v) is 6.79. The van der Waals surface area contributed by atoms with Crippen LogP contribution in [0, 0.1) is 0 Å². The Morgan fingerprint density at radius 2 is 1.79 bits per heavy atom. The van der Waals surface area contributed by atoms with Gasteiger partial charge in [-0.25, -0.2) is 4.98 Å². The summed E-state index contributed by atoms with van der Waals surface area (Å²) in [5.74, 6) is -1.27. The predicted octanol–water partition coefficient (Wildman–Crippen LogP) is 2.26. The van der Waals surface area contributed by atoms with Crippen LogP contribution in [0.5, 0.6) is 0 Å². The van der Waals surface area contributed by atoms with Gasteiger partial charge in [0, 0.05) is 29.4 Å². The molecule has 9 nitrogen and oxygen atoms in total. The van der Waals surface area contributed by atoms with Gasteiger partial charge in [-0.2, -0.15) is 0 Å². The van der Waals surface area contributed by atoms with Crippen molar-refractivity contribution in [1.29, 1.82) is 0 Å². The molecule has 0 spiro atoms. The Bertz CT molecular complexity index is 1070. The fourth-order valence-corrected chi connectivity index (χ4v) is 2.98. The zero-order valence-corrected chi connectivity index (χ0v) is 16.1. The third-order valence-electron chi connectivity index (χ3n) is 3.80. The van der Waals surface area contributed by atoms with Crippen LogP contribution >= 0.6 is 11.8 Å². The minimum Gasteiger partial charge on any atom is -0.481 e. The quantitative estimate of drug-likeness (QED) is 0.438. The van der Waals surface area contributed by atoms with E-state index in [0.717, 1.165) is 11.8 Å². The molecule has 4 N–H and O–H groups in total. The van der Waals surface area contributed by atoms with Crippen molar-refractivity contribution in [3.63, 3.8) is 0 Å². The fraction of sp³-hybridized carbons (Fsp3) is 0.105. The summed E-state index contributed by atoms with van der Waals surface area (Å²) in [6.45, 7) is 0. The molecule has 3 aromatic rings. The number of hydrogen-bond acceptors (Lipinski definition) is 6. The van der Waals surface area contributed by atoms with Crippen LogP contribution in [0.4, 0.5) is 5.69 Å². The van der Waals surface area contributed by atoms with E-state index in [1.54, 1.807) is 48.5 Å². The molecule has 2 aromatic carbocycles. The monoisotopic (exact) mass is 411 g/mol. The number of rotatable bonds is 7. The molecule has 0 saturated carbocycles. The highest BCUT2D eigenvalue weighted by Crippen LogP contribution is 2.21. The standard InChI is InChI=1S/C19H17N5O4S/c1-20-17(27)13-6-3-7-14(9-13)21-18(28)12-5-2-4-11(8-12)16-22-19(24-23-16)29-10-15(25)26/h2-9H,10H2,1H3,(H,20,27)(H,21,28)(H,25,26)(H,22,23,24). The van der Waals surface area contributed by atoms with Crippen LogP contribution in [-0.4, -0.2) is 50.9 Å². The van der Waals surface area contributed by atoms with Crippen LogP contribution in [0.3, 0.4) is 0 Å². The van der Waals surface area contributed by atoms with Gasteiger partial charge in [-0.3, -0.25) is 19.5 Å². The number of aromatic nitrogens is 3. The highest BCUT2D eigenvalue weighted by Gasteiger charge is 2.12. The number of nitrogens with one attached hydrogen (secondary N) is 3. The number of carboxylic acid groups (broad SMARTS) is 1. The van der Waals surface area contributed by atoms with E-state index in [4.69, 9.17) is 5.11 Å². The van der Waals surface area contributed by atoms with Crippen LogP contribution in [0.15, 0.2) is 53.7 Å². The third kappa shape index (κ3) is 5.20. The molecular weight excluding hydrogens is 394 g/mol. The molecule has 1 aromatic heterocycles. The van der Waals surface area contributed by atoms with Crippen molar-refractivity contribution in [3.05, 3.63) is 59.7 Å². The fourth-order valence-electron chi connectivity index (χ4n) is 2.46. The summed E-state index contributed by atoms with van der Waals surface area (Å²) < 4.78 is 0. The smallest absolute Gasteiger partial charge is 0.313 e. The lowest BCUT2D eigenvalue weighted by Crippen LogP contribution is -2.18. The molecule has 1 heterocycles. The molecule has 2 amide bonds. The van der Waals surface area contributed by atoms with E-state index in [2.05, 4.69) is 25.8 Å². The lowest BCUT2D eigenvalue weighted by Gasteiger charge is -2.08. The number of carbonyl (C=O) groups excluding carboxylic acids is 2. The Labute approximate surface area is 169 Å². The van der Waals surface area contributed by atoms with Gasteiger partial charge < -0.3 is 15.7 Å². The summed E-state index contributed by atoms with van der Waals surface area (Å²) in [5, 5.41) is 21.0. The van der Waals surface area contributed by atoms with Gasteiger partial charge >= 0.3 is 5.97 Å². The number of carbonyl (C=O) groups is 3. The van der Waals surface area contributed by atoms with Crippen molar-refractivity contribution >= 4 is 35.2 Å². The van der Waals surface area contributed by atoms with Crippen LogP contribution in [0.1, 0.15) is 20.7 Å². The number of hydrogen-bond donors (Lipinski definition) is 4. The average molecular weight is 411 g/mol. The first-order valence-electron chi connectivity index (χ1n) is 8.47. The molecule has 0 aliphatic heterocycles. The van der Waals surface area contributed by atoms with Crippen molar-refractivity contribution in [2.45, 2.75) is 5.16 Å². The van der Waals surface area contributed by atoms with E-state index in [0.29, 0.717) is 33.4 Å². The number of aliphatic carboxylic acids is 1. The van der Waals surface area contributed by atoms with Crippen LogP contribution in [0.25, 0.3) is 11.4 Å². The van der Waals surface area contributed by atoms with E-state index in [9.17, 15) is 14.4 Å². The van der Waals surface area contributed by atoms with E-state index in [1.165, 1.54) is 7.05 Å². The Hall–Kier alpha value is -3.66. The molecule has 0 unspecified atom stereocenters. The first-order chi connectivity index (χ1) is 14.0. The van der Waals surface area contributed by atoms with Gasteiger partial charge in [-0.05, 0) is 30.3 Å². The third-order valence-corrected chi connectivity index (χ3v) is 4.63. The molecule has 0 radical (unpaired) electrons. The van der Waals surface area contributed by atoms with Crippen molar-refractivity contribution in [3.8, 4) is 11.4 Å². The second kappa shape index (κ2) is 9.02. The molecule has 0 aliphatic rings. The summed E-state index contributed by atoms with van der Waals surface area (Å²) in [7, 11) is 1.54. The molecule has 3 rings (SSSR count). The minimum atomic E-state index is -0.958. The molecule has 0 fully saturated rings. The van der Waals surface area contributed by atoms with Gasteiger partial charge in [0.2, 0.25) is 5.16 Å². The molecule has 0 bridgehead atoms. The van der Waals surface area contributed by atoms with E-state index in [-0.39, 0.29) is 17.6 Å². The van der Waals surface area contributed by atoms with Crippen LogP contribution < -0.4 is 10.6 Å². The lowest BCUT2D eigenvalue weighted by molar-refractivity contribution is -0.133. The summed E-state index contributed by atoms with van der Waals surface area (Å²) in [6.07, 6.45) is 0. The predicted molar refractivity (Wildman–Crippen MR) is 108 cm³/mol. The number of nitrogens with zero attached hydrogens (tertiary/aromatic N) is 2. The zero-order chi connectivity index (χ0) is 20.8. The maximum Gasteiger partial charge on any atom is 0.313 e. The molecular formula is C19H17N5O4S. The highest BCUT2D eigenvalue weighted by atomic mass is 32.2. The normalized spacial score (nSPS) is 10.4. The van der Waals surface area contributed by atoms with Gasteiger partial charge in [0.1, 0.15) is 0 Å². The number of thioether (sulfide) groups is 1. The maximum atomic E-state index is 12.6. The first-order valence-corrected chi connectivity index (χ1v) is 9.46. The second-order valence-electron chi connectivity index (χ2n) is 5.84. The van der Waals surface area contributed by atoms with Crippen molar-refractivity contribution in [2.24, 2.45) is 0 Å². The summed E-state index contributed by atoms with van der Waals surface area (Å²) in [5.41, 5.74) is 1.95. The average Bonchev–Trinajstić information content (AvgIpc) is 3.21. The number of anilines is 1. The lowest BCUT2D eigenvalue weighted by atomic mass is 10.1. The summed E-state index contributed by atoms with van der Waals surface area (Å²) in [6, 6.07) is 13.4. The number of H-pyrrole nitrogens is 1. The van der Waals surface area contributed by atoms with Crippen LogP contribution in [0.2, 0.25) is 0 Å². The van der Waals surface area contributed by atoms with E-state index in [1.807, 2.05) is 0 Å². The van der Waals surface area contributed by atoms with Gasteiger partial charge in [-0.1, -0.05) is 30.0 Å². The highest BCUT2D eigenvalue weighted by molar-refractivity contribution is 7.99. The SMILES string of the molecule is CNC(=O)c1cccc(NC(=O)c2cccc(-c3nc(SCC(=O)O)n[nH]3)c2)c1. The van der Waals surface area contributed by atoms with E-state index < -0.39 is 5.97 Å². The van der Waals surface area contributed by atoms with E-state index >= 15 is 0 Å². The largest absolute Gasteiger partial charge is 0.481 e. The first kappa shape index (κ1) is 20.1. The van der Waals surface area contributed by atoms with Gasteiger partial charge in [0.05, 0.1) is 5.75 Å². The van der Waals surface area contributed by atoms with Crippen molar-refractivity contribution in [1.82, 2.24) is 20.5 Å². The zero-order valence-electron chi connectivity index (χ0n) is 15.3. The number of benzene rings is 2. The van der Waals surface area contributed by atoms with Gasteiger partial charge in [-0.15, -0.1) is 5.10 Å². The number of amides is 2. The molecule has 0 aliphatic carbocycles. The topological polar surface area (TPSA) is 137 Å². The number of aromatic amines is 1. The summed E-state index contributed by atoms with van der Waals surface area (Å²) >= 11 is 0.997. The number of carboxylic acids is 1. The molecule has 29 heavy (non-hydrogen) atoms.